The van der Waals surface area contributed by atoms with Gasteiger partial charge in [0.05, 0.1) is 0 Å². The minimum atomic E-state index is 0.481. The van der Waals surface area contributed by atoms with Crippen LogP contribution in [0, 0.1) is 0 Å². The fourth-order valence-electron chi connectivity index (χ4n) is 2.03. The van der Waals surface area contributed by atoms with Gasteiger partial charge in [-0.1, -0.05) is 36.4 Å². The summed E-state index contributed by atoms with van der Waals surface area (Å²) in [5, 5.41) is 2.22. The molecule has 0 saturated heterocycles. The molecule has 3 nitrogen and oxygen atoms in total. The molecule has 3 aromatic rings. The normalized spacial score (nSPS) is 10.6. The lowest BCUT2D eigenvalue weighted by molar-refractivity contribution is 0.467. The highest BCUT2D eigenvalue weighted by Crippen LogP contribution is 2.28. The standard InChI is InChI=1S/C16H14N2O/c17-11-12-8-9-18-16(10-12)19-15-7-3-5-13-4-1-2-6-14(13)15/h1-10H,11,17H2. The second kappa shape index (κ2) is 5.08. The van der Waals surface area contributed by atoms with E-state index in [1.165, 1.54) is 0 Å². The molecule has 0 amide bonds. The molecule has 0 aliphatic heterocycles. The predicted octanol–water partition coefficient (Wildman–Crippen LogP) is 3.49. The van der Waals surface area contributed by atoms with Crippen molar-refractivity contribution in [2.45, 2.75) is 6.54 Å². The first-order valence-corrected chi connectivity index (χ1v) is 6.17. The predicted molar refractivity (Wildman–Crippen MR) is 76.2 cm³/mol. The second-order valence-electron chi connectivity index (χ2n) is 4.29. The third-order valence-electron chi connectivity index (χ3n) is 3.00. The van der Waals surface area contributed by atoms with Crippen molar-refractivity contribution in [3.05, 3.63) is 66.4 Å². The fraction of sp³-hybridized carbons (Fsp3) is 0.0625. The summed E-state index contributed by atoms with van der Waals surface area (Å²) in [4.78, 5) is 4.21. The maximum Gasteiger partial charge on any atom is 0.219 e. The van der Waals surface area contributed by atoms with E-state index in [4.69, 9.17) is 10.5 Å². The van der Waals surface area contributed by atoms with Gasteiger partial charge in [0.2, 0.25) is 5.88 Å². The van der Waals surface area contributed by atoms with Gasteiger partial charge >= 0.3 is 0 Å². The van der Waals surface area contributed by atoms with Crippen LogP contribution in [0.4, 0.5) is 0 Å². The molecule has 0 atom stereocenters. The van der Waals surface area contributed by atoms with E-state index in [0.717, 1.165) is 22.1 Å². The van der Waals surface area contributed by atoms with Crippen LogP contribution in [0.15, 0.2) is 60.8 Å². The van der Waals surface area contributed by atoms with Gasteiger partial charge in [0.15, 0.2) is 0 Å². The highest BCUT2D eigenvalue weighted by Gasteiger charge is 2.04. The Morgan fingerprint density at radius 2 is 1.84 bits per heavy atom. The van der Waals surface area contributed by atoms with Gasteiger partial charge < -0.3 is 10.5 Å². The Labute approximate surface area is 111 Å². The first kappa shape index (κ1) is 11.7. The molecule has 1 heterocycles. The Hall–Kier alpha value is -2.39. The Kier molecular flexibility index (Phi) is 3.12. The van der Waals surface area contributed by atoms with Crippen LogP contribution < -0.4 is 10.5 Å². The zero-order valence-electron chi connectivity index (χ0n) is 10.4. The average molecular weight is 250 g/mol. The van der Waals surface area contributed by atoms with E-state index in [0.29, 0.717) is 12.4 Å². The Bertz CT molecular complexity index is 704. The van der Waals surface area contributed by atoms with Crippen molar-refractivity contribution in [2.24, 2.45) is 5.73 Å². The SMILES string of the molecule is NCc1ccnc(Oc2cccc3ccccc23)c1. The van der Waals surface area contributed by atoms with Crippen LogP contribution in [-0.4, -0.2) is 4.98 Å². The summed E-state index contributed by atoms with van der Waals surface area (Å²) in [6.45, 7) is 0.481. The van der Waals surface area contributed by atoms with E-state index in [9.17, 15) is 0 Å². The number of ether oxygens (including phenoxy) is 1. The quantitative estimate of drug-likeness (QED) is 0.774. The molecule has 19 heavy (non-hydrogen) atoms. The summed E-state index contributed by atoms with van der Waals surface area (Å²) in [5.41, 5.74) is 6.62. The summed E-state index contributed by atoms with van der Waals surface area (Å²) >= 11 is 0. The van der Waals surface area contributed by atoms with E-state index in [1.807, 2.05) is 42.5 Å². The topological polar surface area (TPSA) is 48.1 Å². The van der Waals surface area contributed by atoms with Gasteiger partial charge in [-0.25, -0.2) is 4.98 Å². The van der Waals surface area contributed by atoms with E-state index in [-0.39, 0.29) is 0 Å². The summed E-state index contributed by atoms with van der Waals surface area (Å²) in [5.74, 6) is 1.37. The van der Waals surface area contributed by atoms with Crippen LogP contribution in [0.25, 0.3) is 10.8 Å². The van der Waals surface area contributed by atoms with Crippen LogP contribution in [0.1, 0.15) is 5.56 Å². The van der Waals surface area contributed by atoms with Gasteiger partial charge in [-0.3, -0.25) is 0 Å². The molecule has 0 saturated carbocycles. The molecule has 94 valence electrons. The number of hydrogen-bond donors (Lipinski definition) is 1. The number of fused-ring (bicyclic) bond motifs is 1. The molecule has 2 aromatic carbocycles. The summed E-state index contributed by atoms with van der Waals surface area (Å²) in [6.07, 6.45) is 1.71. The Morgan fingerprint density at radius 3 is 2.74 bits per heavy atom. The molecule has 3 rings (SSSR count). The molecule has 0 aliphatic carbocycles. The van der Waals surface area contributed by atoms with Gasteiger partial charge in [-0.05, 0) is 23.1 Å². The first-order chi connectivity index (χ1) is 9.36. The molecular formula is C16H14N2O. The van der Waals surface area contributed by atoms with E-state index >= 15 is 0 Å². The number of hydrogen-bond acceptors (Lipinski definition) is 3. The van der Waals surface area contributed by atoms with Gasteiger partial charge in [0.25, 0.3) is 0 Å². The van der Waals surface area contributed by atoms with E-state index in [1.54, 1.807) is 6.20 Å². The van der Waals surface area contributed by atoms with Crippen molar-refractivity contribution in [2.75, 3.05) is 0 Å². The number of rotatable bonds is 3. The molecule has 0 bridgehead atoms. The maximum atomic E-state index is 5.87. The lowest BCUT2D eigenvalue weighted by Crippen LogP contribution is -1.97. The van der Waals surface area contributed by atoms with Gasteiger partial charge in [-0.15, -0.1) is 0 Å². The van der Waals surface area contributed by atoms with Crippen LogP contribution in [0.3, 0.4) is 0 Å². The van der Waals surface area contributed by atoms with Gasteiger partial charge in [0.1, 0.15) is 5.75 Å². The van der Waals surface area contributed by atoms with Crippen LogP contribution in [-0.2, 0) is 6.54 Å². The number of benzene rings is 2. The van der Waals surface area contributed by atoms with Crippen molar-refractivity contribution < 1.29 is 4.74 Å². The molecule has 1 aromatic heterocycles. The van der Waals surface area contributed by atoms with Gasteiger partial charge in [-0.2, -0.15) is 0 Å². The largest absolute Gasteiger partial charge is 0.438 e. The molecule has 0 fully saturated rings. The number of nitrogens with zero attached hydrogens (tertiary/aromatic N) is 1. The zero-order chi connectivity index (χ0) is 13.1. The molecule has 2 N–H and O–H groups in total. The first-order valence-electron chi connectivity index (χ1n) is 6.17. The molecular weight excluding hydrogens is 236 g/mol. The van der Waals surface area contributed by atoms with Crippen LogP contribution >= 0.6 is 0 Å². The minimum Gasteiger partial charge on any atom is -0.438 e. The Balaban J connectivity index is 2.01. The molecule has 0 aliphatic rings. The highest BCUT2D eigenvalue weighted by atomic mass is 16.5. The average Bonchev–Trinajstić information content (AvgIpc) is 2.48. The number of nitrogens with two attached hydrogens (primary N) is 1. The van der Waals surface area contributed by atoms with E-state index < -0.39 is 0 Å². The van der Waals surface area contributed by atoms with Crippen molar-refractivity contribution in [3.63, 3.8) is 0 Å². The summed E-state index contributed by atoms with van der Waals surface area (Å²) < 4.78 is 5.87. The number of aromatic nitrogens is 1. The molecule has 0 spiro atoms. The van der Waals surface area contributed by atoms with Crippen molar-refractivity contribution in [3.8, 4) is 11.6 Å². The molecule has 0 unspecified atom stereocenters. The van der Waals surface area contributed by atoms with Crippen LogP contribution in [0.2, 0.25) is 0 Å². The highest BCUT2D eigenvalue weighted by molar-refractivity contribution is 5.88. The minimum absolute atomic E-state index is 0.481. The lowest BCUT2D eigenvalue weighted by Gasteiger charge is -2.08. The van der Waals surface area contributed by atoms with Crippen molar-refractivity contribution >= 4 is 10.8 Å². The third-order valence-corrected chi connectivity index (χ3v) is 3.00. The van der Waals surface area contributed by atoms with Gasteiger partial charge in [0, 0.05) is 24.2 Å². The fourth-order valence-corrected chi connectivity index (χ4v) is 2.03. The van der Waals surface area contributed by atoms with E-state index in [2.05, 4.69) is 17.1 Å². The smallest absolute Gasteiger partial charge is 0.219 e. The maximum absolute atomic E-state index is 5.87. The third kappa shape index (κ3) is 2.41. The molecule has 3 heteroatoms. The second-order valence-corrected chi connectivity index (χ2v) is 4.29. The Morgan fingerprint density at radius 1 is 1.00 bits per heavy atom. The molecule has 0 radical (unpaired) electrons. The lowest BCUT2D eigenvalue weighted by atomic mass is 10.1. The van der Waals surface area contributed by atoms with Crippen molar-refractivity contribution in [1.29, 1.82) is 0 Å². The zero-order valence-corrected chi connectivity index (χ0v) is 10.4. The van der Waals surface area contributed by atoms with Crippen LogP contribution in [0.5, 0.6) is 11.6 Å². The van der Waals surface area contributed by atoms with Crippen molar-refractivity contribution in [1.82, 2.24) is 4.98 Å². The summed E-state index contributed by atoms with van der Waals surface area (Å²) in [6, 6.07) is 17.8. The number of pyridine rings is 1. The monoisotopic (exact) mass is 250 g/mol. The summed E-state index contributed by atoms with van der Waals surface area (Å²) in [7, 11) is 0.